The Labute approximate surface area is 136 Å². The summed E-state index contributed by atoms with van der Waals surface area (Å²) >= 11 is 0. The molecule has 1 amide bonds. The van der Waals surface area contributed by atoms with Gasteiger partial charge in [0, 0.05) is 19.2 Å². The summed E-state index contributed by atoms with van der Waals surface area (Å²) in [7, 11) is 0. The van der Waals surface area contributed by atoms with Crippen LogP contribution in [0.3, 0.4) is 0 Å². The number of aliphatic hydroxyl groups is 1. The molecule has 0 aromatic carbocycles. The van der Waals surface area contributed by atoms with Crippen LogP contribution in [-0.2, 0) is 4.74 Å². The summed E-state index contributed by atoms with van der Waals surface area (Å²) < 4.78 is 5.33. The van der Waals surface area contributed by atoms with E-state index in [1.165, 1.54) is 0 Å². The largest absolute Gasteiger partial charge is 0.444 e. The molecule has 3 N–H and O–H groups in total. The Hall–Kier alpha value is -0.810. The van der Waals surface area contributed by atoms with Crippen molar-refractivity contribution in [1.82, 2.24) is 10.6 Å². The lowest BCUT2D eigenvalue weighted by molar-refractivity contribution is 0.0498. The summed E-state index contributed by atoms with van der Waals surface area (Å²) in [5, 5.41) is 15.4. The highest BCUT2D eigenvalue weighted by Crippen LogP contribution is 2.10. The number of rotatable bonds is 10. The standard InChI is InChI=1S/C17H36N2O3/c1-7-14(8-9-20)11-18-12-15(10-13(2)3)19-16(21)22-17(4,5)6/h13-15,18,20H,7-12H2,1-6H3,(H,19,21)/t14-,15+/m0/s1. The minimum Gasteiger partial charge on any atom is -0.444 e. The Morgan fingerprint density at radius 3 is 2.32 bits per heavy atom. The third-order valence-corrected chi connectivity index (χ3v) is 3.42. The second kappa shape index (κ2) is 10.8. The number of amides is 1. The molecule has 5 heteroatoms. The first-order chi connectivity index (χ1) is 10.2. The Kier molecular flexibility index (Phi) is 10.4. The molecule has 0 aliphatic carbocycles. The van der Waals surface area contributed by atoms with Gasteiger partial charge in [0.2, 0.25) is 0 Å². The molecule has 0 aliphatic rings. The number of carbonyl (C=O) groups excluding carboxylic acids is 1. The molecule has 22 heavy (non-hydrogen) atoms. The molecule has 0 aliphatic heterocycles. The molecule has 0 saturated carbocycles. The van der Waals surface area contributed by atoms with Gasteiger partial charge >= 0.3 is 6.09 Å². The summed E-state index contributed by atoms with van der Waals surface area (Å²) in [4.78, 5) is 11.9. The van der Waals surface area contributed by atoms with Crippen molar-refractivity contribution in [2.24, 2.45) is 11.8 Å². The zero-order chi connectivity index (χ0) is 17.2. The van der Waals surface area contributed by atoms with Gasteiger partial charge in [0.25, 0.3) is 0 Å². The number of hydrogen-bond acceptors (Lipinski definition) is 4. The third kappa shape index (κ3) is 11.8. The lowest BCUT2D eigenvalue weighted by Gasteiger charge is -2.25. The molecular formula is C17H36N2O3. The Morgan fingerprint density at radius 2 is 1.86 bits per heavy atom. The molecule has 0 radical (unpaired) electrons. The van der Waals surface area contributed by atoms with Crippen LogP contribution in [0.15, 0.2) is 0 Å². The molecule has 0 fully saturated rings. The molecule has 0 spiro atoms. The van der Waals surface area contributed by atoms with Crippen molar-refractivity contribution in [1.29, 1.82) is 0 Å². The number of nitrogens with one attached hydrogen (secondary N) is 2. The zero-order valence-electron chi connectivity index (χ0n) is 15.2. The SMILES string of the molecule is CC[C@@H](CCO)CNC[C@@H](CC(C)C)NC(=O)OC(C)(C)C. The lowest BCUT2D eigenvalue weighted by Crippen LogP contribution is -2.45. The third-order valence-electron chi connectivity index (χ3n) is 3.42. The first kappa shape index (κ1) is 21.2. The Bertz CT molecular complexity index is 301. The van der Waals surface area contributed by atoms with Crippen molar-refractivity contribution < 1.29 is 14.6 Å². The monoisotopic (exact) mass is 316 g/mol. The normalized spacial score (nSPS) is 14.7. The summed E-state index contributed by atoms with van der Waals surface area (Å²) in [6, 6.07) is 0.0569. The van der Waals surface area contributed by atoms with Gasteiger partial charge in [0.15, 0.2) is 0 Å². The molecular weight excluding hydrogens is 280 g/mol. The van der Waals surface area contributed by atoms with Crippen molar-refractivity contribution in [3.05, 3.63) is 0 Å². The number of carbonyl (C=O) groups is 1. The van der Waals surface area contributed by atoms with Crippen molar-refractivity contribution in [3.8, 4) is 0 Å². The van der Waals surface area contributed by atoms with Crippen LogP contribution in [0.1, 0.15) is 60.8 Å². The van der Waals surface area contributed by atoms with Crippen molar-refractivity contribution >= 4 is 6.09 Å². The molecule has 0 aromatic rings. The van der Waals surface area contributed by atoms with E-state index in [2.05, 4.69) is 31.4 Å². The fourth-order valence-corrected chi connectivity index (χ4v) is 2.33. The molecule has 0 saturated heterocycles. The van der Waals surface area contributed by atoms with Crippen LogP contribution in [0, 0.1) is 11.8 Å². The first-order valence-electron chi connectivity index (χ1n) is 8.49. The zero-order valence-corrected chi connectivity index (χ0v) is 15.2. The van der Waals surface area contributed by atoms with Gasteiger partial charge < -0.3 is 20.5 Å². The smallest absolute Gasteiger partial charge is 0.407 e. The van der Waals surface area contributed by atoms with E-state index in [-0.39, 0.29) is 18.7 Å². The molecule has 0 unspecified atom stereocenters. The van der Waals surface area contributed by atoms with Crippen LogP contribution in [0.2, 0.25) is 0 Å². The van der Waals surface area contributed by atoms with Crippen molar-refractivity contribution in [3.63, 3.8) is 0 Å². The van der Waals surface area contributed by atoms with Gasteiger partial charge in [-0.3, -0.25) is 0 Å². The predicted octanol–water partition coefficient (Wildman–Crippen LogP) is 2.92. The van der Waals surface area contributed by atoms with Gasteiger partial charge in [-0.1, -0.05) is 27.2 Å². The van der Waals surface area contributed by atoms with E-state index >= 15 is 0 Å². The van der Waals surface area contributed by atoms with Crippen LogP contribution in [-0.4, -0.2) is 42.5 Å². The highest BCUT2D eigenvalue weighted by atomic mass is 16.6. The van der Waals surface area contributed by atoms with E-state index in [9.17, 15) is 4.79 Å². The summed E-state index contributed by atoms with van der Waals surface area (Å²) in [5.41, 5.74) is -0.478. The number of alkyl carbamates (subject to hydrolysis) is 1. The average Bonchev–Trinajstić information content (AvgIpc) is 2.34. The van der Waals surface area contributed by atoms with Crippen LogP contribution in [0.5, 0.6) is 0 Å². The van der Waals surface area contributed by atoms with Gasteiger partial charge in [-0.05, 0) is 52.0 Å². The van der Waals surface area contributed by atoms with Gasteiger partial charge in [0.1, 0.15) is 5.60 Å². The maximum atomic E-state index is 11.9. The quantitative estimate of drug-likeness (QED) is 0.579. The molecule has 0 bridgehead atoms. The van der Waals surface area contributed by atoms with Crippen LogP contribution < -0.4 is 10.6 Å². The highest BCUT2D eigenvalue weighted by Gasteiger charge is 2.20. The van der Waals surface area contributed by atoms with E-state index in [4.69, 9.17) is 9.84 Å². The van der Waals surface area contributed by atoms with E-state index in [0.29, 0.717) is 11.8 Å². The number of aliphatic hydroxyl groups excluding tert-OH is 1. The summed E-state index contributed by atoms with van der Waals surface area (Å²) in [5.74, 6) is 0.979. The van der Waals surface area contributed by atoms with Crippen LogP contribution >= 0.6 is 0 Å². The van der Waals surface area contributed by atoms with E-state index < -0.39 is 5.60 Å². The highest BCUT2D eigenvalue weighted by molar-refractivity contribution is 5.68. The molecule has 0 rings (SSSR count). The molecule has 5 nitrogen and oxygen atoms in total. The van der Waals surface area contributed by atoms with Crippen LogP contribution in [0.25, 0.3) is 0 Å². The molecule has 0 aromatic heterocycles. The maximum Gasteiger partial charge on any atom is 0.407 e. The Morgan fingerprint density at radius 1 is 1.23 bits per heavy atom. The lowest BCUT2D eigenvalue weighted by atomic mass is 10.0. The van der Waals surface area contributed by atoms with Crippen LogP contribution in [0.4, 0.5) is 4.79 Å². The van der Waals surface area contributed by atoms with E-state index in [1.54, 1.807) is 0 Å². The fraction of sp³-hybridized carbons (Fsp3) is 0.941. The molecule has 2 atom stereocenters. The van der Waals surface area contributed by atoms with Gasteiger partial charge in [-0.15, -0.1) is 0 Å². The molecule has 0 heterocycles. The average molecular weight is 316 g/mol. The summed E-state index contributed by atoms with van der Waals surface area (Å²) in [6.45, 7) is 13.8. The minimum atomic E-state index is -0.478. The molecule has 132 valence electrons. The minimum absolute atomic E-state index is 0.0569. The number of hydrogen-bond donors (Lipinski definition) is 3. The van der Waals surface area contributed by atoms with Gasteiger partial charge in [-0.25, -0.2) is 4.79 Å². The van der Waals surface area contributed by atoms with Gasteiger partial charge in [0.05, 0.1) is 0 Å². The maximum absolute atomic E-state index is 11.9. The predicted molar refractivity (Wildman–Crippen MR) is 91.0 cm³/mol. The van der Waals surface area contributed by atoms with Gasteiger partial charge in [-0.2, -0.15) is 0 Å². The fourth-order valence-electron chi connectivity index (χ4n) is 2.33. The first-order valence-corrected chi connectivity index (χ1v) is 8.49. The van der Waals surface area contributed by atoms with Crippen molar-refractivity contribution in [2.75, 3.05) is 19.7 Å². The second-order valence-electron chi connectivity index (χ2n) is 7.42. The van der Waals surface area contributed by atoms with E-state index in [0.717, 1.165) is 32.4 Å². The Balaban J connectivity index is 4.31. The summed E-state index contributed by atoms with van der Waals surface area (Å²) in [6.07, 6.45) is 2.41. The topological polar surface area (TPSA) is 70.6 Å². The van der Waals surface area contributed by atoms with E-state index in [1.807, 2.05) is 20.8 Å². The van der Waals surface area contributed by atoms with Crippen molar-refractivity contribution in [2.45, 2.75) is 72.4 Å². The second-order valence-corrected chi connectivity index (χ2v) is 7.42. The number of ether oxygens (including phenoxy) is 1.